The average molecular weight is 229 g/mol. The molecule has 6 N–H and O–H groups in total. The molecule has 4 nitrogen and oxygen atoms in total. The Bertz CT molecular complexity index is 519. The Balaban J connectivity index is 2.52. The van der Waals surface area contributed by atoms with Gasteiger partial charge >= 0.3 is 0 Å². The van der Waals surface area contributed by atoms with Crippen molar-refractivity contribution in [3.8, 4) is 0 Å². The second kappa shape index (κ2) is 4.07. The van der Waals surface area contributed by atoms with E-state index in [2.05, 4.69) is 0 Å². The summed E-state index contributed by atoms with van der Waals surface area (Å²) in [4.78, 5) is 11.5. The highest BCUT2D eigenvalue weighted by atomic mass is 16.1. The van der Waals surface area contributed by atoms with Gasteiger partial charge in [0, 0.05) is 5.69 Å². The predicted octanol–water partition coefficient (Wildman–Crippen LogP) is 0.795. The first kappa shape index (κ1) is 11.4. The van der Waals surface area contributed by atoms with Crippen LogP contribution in [0.25, 0.3) is 5.57 Å². The van der Waals surface area contributed by atoms with E-state index < -0.39 is 11.4 Å². The van der Waals surface area contributed by atoms with Gasteiger partial charge in [-0.15, -0.1) is 0 Å². The summed E-state index contributed by atoms with van der Waals surface area (Å²) in [5, 5.41) is 0. The van der Waals surface area contributed by atoms with Gasteiger partial charge < -0.3 is 17.2 Å². The Kier molecular flexibility index (Phi) is 2.73. The molecule has 0 radical (unpaired) electrons. The predicted molar refractivity (Wildman–Crippen MR) is 68.7 cm³/mol. The number of hydrogen-bond acceptors (Lipinski definition) is 3. The molecule has 1 aliphatic rings. The van der Waals surface area contributed by atoms with E-state index in [4.69, 9.17) is 17.2 Å². The van der Waals surface area contributed by atoms with Crippen molar-refractivity contribution in [3.05, 3.63) is 48.1 Å². The number of allylic oxidation sites excluding steroid dienone is 2. The minimum Gasteiger partial charge on any atom is -0.399 e. The fourth-order valence-electron chi connectivity index (χ4n) is 1.97. The molecular formula is C13H15N3O. The van der Waals surface area contributed by atoms with Crippen molar-refractivity contribution in [3.63, 3.8) is 0 Å². The van der Waals surface area contributed by atoms with Crippen LogP contribution in [-0.2, 0) is 4.79 Å². The van der Waals surface area contributed by atoms with Crippen molar-refractivity contribution in [1.29, 1.82) is 0 Å². The first-order valence-corrected chi connectivity index (χ1v) is 5.36. The summed E-state index contributed by atoms with van der Waals surface area (Å²) in [6.07, 6.45) is 5.92. The third kappa shape index (κ3) is 1.94. The first-order chi connectivity index (χ1) is 8.04. The van der Waals surface area contributed by atoms with Crippen molar-refractivity contribution in [2.45, 2.75) is 12.0 Å². The zero-order valence-electron chi connectivity index (χ0n) is 9.39. The molecular weight excluding hydrogens is 214 g/mol. The van der Waals surface area contributed by atoms with Crippen LogP contribution >= 0.6 is 0 Å². The lowest BCUT2D eigenvalue weighted by molar-refractivity contribution is -0.121. The summed E-state index contributed by atoms with van der Waals surface area (Å²) >= 11 is 0. The van der Waals surface area contributed by atoms with Crippen molar-refractivity contribution in [2.75, 3.05) is 5.73 Å². The van der Waals surface area contributed by atoms with Gasteiger partial charge in [-0.1, -0.05) is 30.4 Å². The second-order valence-electron chi connectivity index (χ2n) is 4.17. The second-order valence-corrected chi connectivity index (χ2v) is 4.17. The molecule has 0 aliphatic heterocycles. The maximum absolute atomic E-state index is 11.5. The summed E-state index contributed by atoms with van der Waals surface area (Å²) in [7, 11) is 0. The molecule has 0 saturated carbocycles. The molecule has 1 aliphatic carbocycles. The summed E-state index contributed by atoms with van der Waals surface area (Å²) in [5.74, 6) is -0.532. The van der Waals surface area contributed by atoms with Gasteiger partial charge in [-0.25, -0.2) is 0 Å². The summed E-state index contributed by atoms with van der Waals surface area (Å²) in [6, 6.07) is 7.26. The molecule has 0 heterocycles. The minimum atomic E-state index is -1.15. The Labute approximate surface area is 99.8 Å². The Morgan fingerprint density at radius 3 is 2.76 bits per heavy atom. The molecule has 0 spiro atoms. The standard InChI is InChI=1S/C13H15N3O/c14-10-5-3-4-9(8-10)11-6-1-2-7-13(11,16)12(15)17/h1-6,8H,7,14,16H2,(H2,15,17). The van der Waals surface area contributed by atoms with Gasteiger partial charge in [0.15, 0.2) is 0 Å². The van der Waals surface area contributed by atoms with E-state index in [0.717, 1.165) is 5.56 Å². The molecule has 0 saturated heterocycles. The van der Waals surface area contributed by atoms with Crippen LogP contribution in [0.4, 0.5) is 5.69 Å². The molecule has 1 amide bonds. The molecule has 88 valence electrons. The molecule has 17 heavy (non-hydrogen) atoms. The van der Waals surface area contributed by atoms with Gasteiger partial charge in [-0.3, -0.25) is 4.79 Å². The third-order valence-electron chi connectivity index (χ3n) is 2.96. The monoisotopic (exact) mass is 229 g/mol. The van der Waals surface area contributed by atoms with E-state index in [1.807, 2.05) is 30.4 Å². The molecule has 1 aromatic carbocycles. The number of rotatable bonds is 2. The average Bonchev–Trinajstić information content (AvgIpc) is 2.29. The van der Waals surface area contributed by atoms with Crippen LogP contribution in [0, 0.1) is 0 Å². The largest absolute Gasteiger partial charge is 0.399 e. The molecule has 2 rings (SSSR count). The molecule has 0 fully saturated rings. The van der Waals surface area contributed by atoms with Crippen molar-refractivity contribution in [2.24, 2.45) is 11.5 Å². The fourth-order valence-corrected chi connectivity index (χ4v) is 1.97. The molecule has 1 atom stereocenters. The molecule has 0 aromatic heterocycles. The fraction of sp³-hybridized carbons (Fsp3) is 0.154. The van der Waals surface area contributed by atoms with Gasteiger partial charge in [0.2, 0.25) is 5.91 Å². The van der Waals surface area contributed by atoms with E-state index in [1.54, 1.807) is 12.1 Å². The van der Waals surface area contributed by atoms with Gasteiger partial charge in [-0.2, -0.15) is 0 Å². The van der Waals surface area contributed by atoms with Crippen LogP contribution in [-0.4, -0.2) is 11.4 Å². The minimum absolute atomic E-state index is 0.406. The van der Waals surface area contributed by atoms with Crippen molar-refractivity contribution >= 4 is 17.2 Å². The number of anilines is 1. The van der Waals surface area contributed by atoms with Gasteiger partial charge in [0.25, 0.3) is 0 Å². The first-order valence-electron chi connectivity index (χ1n) is 5.36. The Morgan fingerprint density at radius 2 is 2.12 bits per heavy atom. The van der Waals surface area contributed by atoms with Crippen LogP contribution in [0.2, 0.25) is 0 Å². The number of carbonyl (C=O) groups excluding carboxylic acids is 1. The van der Waals surface area contributed by atoms with E-state index in [-0.39, 0.29) is 0 Å². The highest BCUT2D eigenvalue weighted by Gasteiger charge is 2.36. The van der Waals surface area contributed by atoms with Gasteiger partial charge in [0.1, 0.15) is 5.54 Å². The maximum atomic E-state index is 11.5. The van der Waals surface area contributed by atoms with Crippen LogP contribution < -0.4 is 17.2 Å². The molecule has 1 unspecified atom stereocenters. The number of amides is 1. The summed E-state index contributed by atoms with van der Waals surface area (Å²) in [5.41, 5.74) is 18.2. The van der Waals surface area contributed by atoms with Crippen molar-refractivity contribution in [1.82, 2.24) is 0 Å². The quantitative estimate of drug-likeness (QED) is 0.654. The highest BCUT2D eigenvalue weighted by Crippen LogP contribution is 2.32. The topological polar surface area (TPSA) is 95.1 Å². The van der Waals surface area contributed by atoms with Crippen LogP contribution in [0.5, 0.6) is 0 Å². The number of nitrogens with two attached hydrogens (primary N) is 3. The van der Waals surface area contributed by atoms with Crippen LogP contribution in [0.1, 0.15) is 12.0 Å². The smallest absolute Gasteiger partial charge is 0.242 e. The summed E-state index contributed by atoms with van der Waals surface area (Å²) < 4.78 is 0. The number of nitrogen functional groups attached to an aromatic ring is 1. The lowest BCUT2D eigenvalue weighted by Crippen LogP contribution is -2.53. The zero-order chi connectivity index (χ0) is 12.5. The number of hydrogen-bond donors (Lipinski definition) is 3. The van der Waals surface area contributed by atoms with E-state index in [9.17, 15) is 4.79 Å². The van der Waals surface area contributed by atoms with E-state index in [0.29, 0.717) is 17.7 Å². The Hall–Kier alpha value is -2.07. The highest BCUT2D eigenvalue weighted by molar-refractivity contribution is 6.01. The molecule has 4 heteroatoms. The van der Waals surface area contributed by atoms with Crippen LogP contribution in [0.3, 0.4) is 0 Å². The number of primary amides is 1. The SMILES string of the molecule is NC(=O)C1(N)CC=CC=C1c1cccc(N)c1. The number of benzene rings is 1. The molecule has 1 aromatic rings. The lowest BCUT2D eigenvalue weighted by atomic mass is 9.79. The lowest BCUT2D eigenvalue weighted by Gasteiger charge is -2.30. The van der Waals surface area contributed by atoms with Gasteiger partial charge in [0.05, 0.1) is 0 Å². The Morgan fingerprint density at radius 1 is 1.35 bits per heavy atom. The summed E-state index contributed by atoms with van der Waals surface area (Å²) in [6.45, 7) is 0. The normalized spacial score (nSPS) is 23.2. The van der Waals surface area contributed by atoms with Crippen molar-refractivity contribution < 1.29 is 4.79 Å². The zero-order valence-corrected chi connectivity index (χ0v) is 9.39. The van der Waals surface area contributed by atoms with Crippen LogP contribution in [0.15, 0.2) is 42.5 Å². The number of carbonyl (C=O) groups is 1. The molecule has 0 bridgehead atoms. The van der Waals surface area contributed by atoms with Gasteiger partial charge in [-0.05, 0) is 29.7 Å². The van der Waals surface area contributed by atoms with E-state index in [1.165, 1.54) is 0 Å². The third-order valence-corrected chi connectivity index (χ3v) is 2.96. The van der Waals surface area contributed by atoms with E-state index >= 15 is 0 Å². The maximum Gasteiger partial charge on any atom is 0.242 e.